The second-order valence-corrected chi connectivity index (χ2v) is 8.64. The first-order valence-corrected chi connectivity index (χ1v) is 10.3. The topological polar surface area (TPSA) is 174 Å². The van der Waals surface area contributed by atoms with Gasteiger partial charge in [-0.1, -0.05) is 0 Å². The highest BCUT2D eigenvalue weighted by atomic mass is 16.4. The average Bonchev–Trinajstić information content (AvgIpc) is 2.59. The van der Waals surface area contributed by atoms with E-state index in [9.17, 15) is 24.0 Å². The van der Waals surface area contributed by atoms with Crippen LogP contribution in [0.25, 0.3) is 0 Å². The maximum Gasteiger partial charge on any atom is 0.303 e. The van der Waals surface area contributed by atoms with Gasteiger partial charge in [0.25, 0.3) is 0 Å². The Bertz CT molecular complexity index is 644. The highest BCUT2D eigenvalue weighted by Crippen LogP contribution is 2.08. The summed E-state index contributed by atoms with van der Waals surface area (Å²) in [5.41, 5.74) is -0.497. The van der Waals surface area contributed by atoms with E-state index >= 15 is 0 Å². The van der Waals surface area contributed by atoms with Crippen LogP contribution in [0.1, 0.15) is 66.7 Å². The summed E-state index contributed by atoms with van der Waals surface area (Å²) < 4.78 is 0. The van der Waals surface area contributed by atoms with Gasteiger partial charge >= 0.3 is 11.9 Å². The molecule has 2 unspecified atom stereocenters. The van der Waals surface area contributed by atoms with E-state index in [1.807, 2.05) is 20.8 Å². The molecule has 0 aromatic heterocycles. The smallest absolute Gasteiger partial charge is 0.303 e. The second-order valence-electron chi connectivity index (χ2n) is 8.64. The molecule has 0 aromatic rings. The third-order valence-corrected chi connectivity index (χ3v) is 3.95. The summed E-state index contributed by atoms with van der Waals surface area (Å²) in [6.07, 6.45) is -0.708. The molecule has 3 amide bonds. The molecule has 0 saturated carbocycles. The van der Waals surface area contributed by atoms with Crippen LogP contribution < -0.4 is 21.3 Å². The first-order valence-electron chi connectivity index (χ1n) is 10.3. The van der Waals surface area contributed by atoms with Crippen LogP contribution in [0.4, 0.5) is 0 Å². The molecule has 0 bridgehead atoms. The van der Waals surface area contributed by atoms with Gasteiger partial charge in [-0.05, 0) is 47.5 Å². The van der Waals surface area contributed by atoms with Gasteiger partial charge in [-0.25, -0.2) is 0 Å². The normalized spacial score (nSPS) is 13.2. The van der Waals surface area contributed by atoms with Crippen LogP contribution in [0.5, 0.6) is 0 Å². The zero-order chi connectivity index (χ0) is 24.2. The highest BCUT2D eigenvalue weighted by Gasteiger charge is 2.28. The Morgan fingerprint density at radius 1 is 0.774 bits per heavy atom. The zero-order valence-corrected chi connectivity index (χ0v) is 18.9. The number of hydrogen-bond donors (Lipinski definition) is 6. The lowest BCUT2D eigenvalue weighted by Crippen LogP contribution is -2.56. The monoisotopic (exact) mass is 444 g/mol. The Kier molecular flexibility index (Phi) is 12.4. The molecule has 11 nitrogen and oxygen atoms in total. The molecule has 11 heteroatoms. The molecule has 0 rings (SSSR count). The first kappa shape index (κ1) is 28.3. The van der Waals surface area contributed by atoms with Crippen LogP contribution in [0.2, 0.25) is 0 Å². The molecule has 0 saturated heterocycles. The van der Waals surface area contributed by atoms with Crippen molar-refractivity contribution in [1.82, 2.24) is 21.3 Å². The number of carboxylic acid groups (broad SMARTS) is 2. The fourth-order valence-corrected chi connectivity index (χ4v) is 2.68. The molecule has 31 heavy (non-hydrogen) atoms. The number of hydrogen-bond acceptors (Lipinski definition) is 6. The van der Waals surface area contributed by atoms with Crippen molar-refractivity contribution in [2.75, 3.05) is 6.54 Å². The molecule has 6 N–H and O–H groups in total. The van der Waals surface area contributed by atoms with Crippen molar-refractivity contribution in [1.29, 1.82) is 0 Å². The van der Waals surface area contributed by atoms with Crippen LogP contribution in [-0.2, 0) is 24.0 Å². The summed E-state index contributed by atoms with van der Waals surface area (Å²) in [7, 11) is 0. The van der Waals surface area contributed by atoms with Gasteiger partial charge in [0.05, 0.1) is 6.04 Å². The number of nitrogens with one attached hydrogen (secondary N) is 4. The molecule has 0 radical (unpaired) electrons. The molecule has 178 valence electrons. The molecule has 0 spiro atoms. The van der Waals surface area contributed by atoms with Crippen LogP contribution in [0.15, 0.2) is 0 Å². The van der Waals surface area contributed by atoms with E-state index in [1.54, 1.807) is 13.8 Å². The van der Waals surface area contributed by atoms with Gasteiger partial charge in [-0.3, -0.25) is 24.0 Å². The van der Waals surface area contributed by atoms with Gasteiger partial charge in [0.1, 0.15) is 6.04 Å². The molecule has 0 aliphatic carbocycles. The van der Waals surface area contributed by atoms with Crippen molar-refractivity contribution < 1.29 is 34.2 Å². The highest BCUT2D eigenvalue weighted by molar-refractivity contribution is 5.90. The predicted octanol–water partition coefficient (Wildman–Crippen LogP) is -0.0116. The first-order chi connectivity index (χ1) is 14.2. The molecule has 0 aromatic carbocycles. The van der Waals surface area contributed by atoms with Gasteiger partial charge in [0, 0.05) is 37.4 Å². The molecule has 0 aliphatic rings. The Morgan fingerprint density at radius 3 is 1.74 bits per heavy atom. The van der Waals surface area contributed by atoms with E-state index in [1.165, 1.54) is 0 Å². The number of carbonyl (C=O) groups excluding carboxylic acids is 3. The quantitative estimate of drug-likeness (QED) is 0.217. The average molecular weight is 445 g/mol. The summed E-state index contributed by atoms with van der Waals surface area (Å²) in [5, 5.41) is 28.6. The lowest BCUT2D eigenvalue weighted by Gasteiger charge is -2.29. The predicted molar refractivity (Wildman–Crippen MR) is 113 cm³/mol. The van der Waals surface area contributed by atoms with Crippen molar-refractivity contribution >= 4 is 29.7 Å². The van der Waals surface area contributed by atoms with Crippen molar-refractivity contribution in [2.24, 2.45) is 0 Å². The fourth-order valence-electron chi connectivity index (χ4n) is 2.68. The second kappa shape index (κ2) is 13.6. The summed E-state index contributed by atoms with van der Waals surface area (Å²) in [5.74, 6) is -3.64. The van der Waals surface area contributed by atoms with E-state index < -0.39 is 41.4 Å². The summed E-state index contributed by atoms with van der Waals surface area (Å²) in [4.78, 5) is 58.8. The zero-order valence-electron chi connectivity index (χ0n) is 18.9. The van der Waals surface area contributed by atoms with Gasteiger partial charge in [0.15, 0.2) is 0 Å². The van der Waals surface area contributed by atoms with Gasteiger partial charge in [0.2, 0.25) is 17.7 Å². The Balaban J connectivity index is 5.11. The standard InChI is InChI=1S/C20H36N4O7/c1-12(2)22-15(25)10-11-21-18(30)13(6-8-16(26)27)23-19(31)14(7-9-17(28)29)24-20(3,4)5/h12-14,24H,6-11H2,1-5H3,(H,21,30)(H,22,25)(H,23,31)(H,26,27)(H,28,29). The molecule has 0 heterocycles. The molecule has 2 atom stereocenters. The molecular weight excluding hydrogens is 408 g/mol. The minimum atomic E-state index is -1.13. The molecular formula is C20H36N4O7. The molecule has 0 fully saturated rings. The minimum absolute atomic E-state index is 0.00107. The van der Waals surface area contributed by atoms with Crippen LogP contribution in [0.3, 0.4) is 0 Å². The van der Waals surface area contributed by atoms with Crippen LogP contribution in [0, 0.1) is 0 Å². The Hall–Kier alpha value is -2.69. The number of rotatable bonds is 14. The Labute approximate surface area is 182 Å². The van der Waals surface area contributed by atoms with Crippen molar-refractivity contribution in [2.45, 2.75) is 90.4 Å². The summed E-state index contributed by atoms with van der Waals surface area (Å²) in [6.45, 7) is 9.07. The van der Waals surface area contributed by atoms with Crippen molar-refractivity contribution in [3.8, 4) is 0 Å². The fraction of sp³-hybridized carbons (Fsp3) is 0.750. The van der Waals surface area contributed by atoms with Gasteiger partial charge < -0.3 is 31.5 Å². The molecule has 0 aliphatic heterocycles. The third-order valence-electron chi connectivity index (χ3n) is 3.95. The maximum atomic E-state index is 12.7. The van der Waals surface area contributed by atoms with Gasteiger partial charge in [-0.15, -0.1) is 0 Å². The van der Waals surface area contributed by atoms with Crippen LogP contribution >= 0.6 is 0 Å². The van der Waals surface area contributed by atoms with E-state index in [0.717, 1.165) is 0 Å². The summed E-state index contributed by atoms with van der Waals surface area (Å²) >= 11 is 0. The van der Waals surface area contributed by atoms with E-state index in [4.69, 9.17) is 10.2 Å². The SMILES string of the molecule is CC(C)NC(=O)CCNC(=O)C(CCC(=O)O)NC(=O)C(CCC(=O)O)NC(C)(C)C. The lowest BCUT2D eigenvalue weighted by atomic mass is 10.0. The van der Waals surface area contributed by atoms with Crippen LogP contribution in [-0.4, -0.2) is 70.1 Å². The van der Waals surface area contributed by atoms with E-state index in [2.05, 4.69) is 21.3 Å². The lowest BCUT2D eigenvalue weighted by molar-refractivity contribution is -0.139. The Morgan fingerprint density at radius 2 is 1.29 bits per heavy atom. The van der Waals surface area contributed by atoms with Crippen molar-refractivity contribution in [3.63, 3.8) is 0 Å². The number of carboxylic acids is 2. The third kappa shape index (κ3) is 14.9. The maximum absolute atomic E-state index is 12.7. The summed E-state index contributed by atoms with van der Waals surface area (Å²) in [6, 6.07) is -2.05. The van der Waals surface area contributed by atoms with E-state index in [0.29, 0.717) is 0 Å². The van der Waals surface area contributed by atoms with Crippen molar-refractivity contribution in [3.05, 3.63) is 0 Å². The van der Waals surface area contributed by atoms with Gasteiger partial charge in [-0.2, -0.15) is 0 Å². The largest absolute Gasteiger partial charge is 0.481 e. The number of carbonyl (C=O) groups is 5. The number of aliphatic carboxylic acids is 2. The van der Waals surface area contributed by atoms with E-state index in [-0.39, 0.29) is 50.6 Å². The number of amides is 3. The minimum Gasteiger partial charge on any atom is -0.481 e.